The molecule has 1 aliphatic rings. The van der Waals surface area contributed by atoms with E-state index in [4.69, 9.17) is 4.74 Å². The van der Waals surface area contributed by atoms with E-state index < -0.39 is 5.60 Å². The van der Waals surface area contributed by atoms with Gasteiger partial charge in [-0.1, -0.05) is 6.58 Å². The van der Waals surface area contributed by atoms with E-state index in [0.29, 0.717) is 13.1 Å². The van der Waals surface area contributed by atoms with Crippen LogP contribution in [0.3, 0.4) is 0 Å². The standard InChI is InChI=1S/C14H24N2O3/c1-5-12(17)15-11-8-6-7-9-16(10-11)13(18)19-14(2,3)4/h5,11H,1,6-10H2,2-4H3,(H,15,17)/t11-/m0/s1. The van der Waals surface area contributed by atoms with Gasteiger partial charge in [-0.2, -0.15) is 0 Å². The lowest BCUT2D eigenvalue weighted by Crippen LogP contribution is -2.45. The first kappa shape index (κ1) is 15.5. The minimum atomic E-state index is -0.497. The molecule has 1 fully saturated rings. The molecule has 5 heteroatoms. The Labute approximate surface area is 115 Å². The Morgan fingerprint density at radius 3 is 2.63 bits per heavy atom. The summed E-state index contributed by atoms with van der Waals surface area (Å²) in [6.07, 6.45) is 3.73. The van der Waals surface area contributed by atoms with Gasteiger partial charge < -0.3 is 15.0 Å². The monoisotopic (exact) mass is 268 g/mol. The number of amides is 2. The van der Waals surface area contributed by atoms with Crippen LogP contribution in [0.2, 0.25) is 0 Å². The fraction of sp³-hybridized carbons (Fsp3) is 0.714. The predicted molar refractivity (Wildman–Crippen MR) is 73.8 cm³/mol. The van der Waals surface area contributed by atoms with Crippen LogP contribution in [-0.4, -0.2) is 41.6 Å². The number of ether oxygens (including phenoxy) is 1. The molecule has 0 aromatic carbocycles. The number of likely N-dealkylation sites (tertiary alicyclic amines) is 1. The van der Waals surface area contributed by atoms with E-state index in [-0.39, 0.29) is 18.0 Å². The smallest absolute Gasteiger partial charge is 0.410 e. The molecule has 0 aliphatic carbocycles. The molecule has 108 valence electrons. The van der Waals surface area contributed by atoms with Crippen molar-refractivity contribution in [1.82, 2.24) is 10.2 Å². The Morgan fingerprint density at radius 2 is 2.05 bits per heavy atom. The number of carbonyl (C=O) groups is 2. The molecule has 0 bridgehead atoms. The van der Waals surface area contributed by atoms with E-state index in [9.17, 15) is 9.59 Å². The van der Waals surface area contributed by atoms with Crippen molar-refractivity contribution in [2.75, 3.05) is 13.1 Å². The molecule has 1 rings (SSSR count). The van der Waals surface area contributed by atoms with Gasteiger partial charge in [0, 0.05) is 19.1 Å². The normalized spacial score (nSPS) is 20.4. The van der Waals surface area contributed by atoms with E-state index in [2.05, 4.69) is 11.9 Å². The summed E-state index contributed by atoms with van der Waals surface area (Å²) in [6, 6.07) is -0.0273. The summed E-state index contributed by atoms with van der Waals surface area (Å²) in [6.45, 7) is 10.1. The molecular weight excluding hydrogens is 244 g/mol. The zero-order valence-electron chi connectivity index (χ0n) is 12.1. The summed E-state index contributed by atoms with van der Waals surface area (Å²) in [7, 11) is 0. The molecule has 5 nitrogen and oxygen atoms in total. The average molecular weight is 268 g/mol. The summed E-state index contributed by atoms with van der Waals surface area (Å²) in [4.78, 5) is 25.0. The van der Waals surface area contributed by atoms with Gasteiger partial charge in [-0.15, -0.1) is 0 Å². The van der Waals surface area contributed by atoms with Crippen LogP contribution in [0.1, 0.15) is 40.0 Å². The lowest BCUT2D eigenvalue weighted by Gasteiger charge is -2.28. The molecule has 0 radical (unpaired) electrons. The summed E-state index contributed by atoms with van der Waals surface area (Å²) in [5.41, 5.74) is -0.497. The highest BCUT2D eigenvalue weighted by Gasteiger charge is 2.26. The predicted octanol–water partition coefficient (Wildman–Crippen LogP) is 2.08. The minimum Gasteiger partial charge on any atom is -0.444 e. The van der Waals surface area contributed by atoms with Crippen molar-refractivity contribution in [3.05, 3.63) is 12.7 Å². The van der Waals surface area contributed by atoms with Gasteiger partial charge in [-0.25, -0.2) is 4.79 Å². The maximum atomic E-state index is 12.0. The van der Waals surface area contributed by atoms with Gasteiger partial charge in [0.25, 0.3) is 0 Å². The van der Waals surface area contributed by atoms with Crippen LogP contribution < -0.4 is 5.32 Å². The number of nitrogens with one attached hydrogen (secondary N) is 1. The van der Waals surface area contributed by atoms with Gasteiger partial charge in [-0.05, 0) is 46.1 Å². The Morgan fingerprint density at radius 1 is 1.37 bits per heavy atom. The Kier molecular flexibility index (Phi) is 5.39. The second kappa shape index (κ2) is 6.59. The van der Waals surface area contributed by atoms with Crippen LogP contribution in [0.15, 0.2) is 12.7 Å². The minimum absolute atomic E-state index is 0.0273. The topological polar surface area (TPSA) is 58.6 Å². The number of hydrogen-bond donors (Lipinski definition) is 1. The molecule has 0 aromatic heterocycles. The summed E-state index contributed by atoms with van der Waals surface area (Å²) >= 11 is 0. The molecule has 0 unspecified atom stereocenters. The molecule has 1 aliphatic heterocycles. The van der Waals surface area contributed by atoms with Crippen LogP contribution in [0.4, 0.5) is 4.79 Å². The first-order chi connectivity index (χ1) is 8.81. The SMILES string of the molecule is C=CC(=O)N[C@H]1CCCCN(C(=O)OC(C)(C)C)C1. The summed E-state index contributed by atoms with van der Waals surface area (Å²) < 4.78 is 5.37. The van der Waals surface area contributed by atoms with Gasteiger partial charge in [0.05, 0.1) is 0 Å². The highest BCUT2D eigenvalue weighted by molar-refractivity contribution is 5.87. The third-order valence-corrected chi connectivity index (χ3v) is 2.85. The molecule has 1 atom stereocenters. The maximum Gasteiger partial charge on any atom is 0.410 e. The fourth-order valence-electron chi connectivity index (χ4n) is 2.01. The quantitative estimate of drug-likeness (QED) is 0.780. The van der Waals surface area contributed by atoms with E-state index in [1.807, 2.05) is 20.8 Å². The largest absolute Gasteiger partial charge is 0.444 e. The summed E-state index contributed by atoms with van der Waals surface area (Å²) in [5, 5.41) is 2.85. The molecule has 2 amide bonds. The van der Waals surface area contributed by atoms with Crippen LogP contribution in [0.25, 0.3) is 0 Å². The molecule has 19 heavy (non-hydrogen) atoms. The zero-order valence-corrected chi connectivity index (χ0v) is 12.1. The lowest BCUT2D eigenvalue weighted by molar-refractivity contribution is -0.117. The van der Waals surface area contributed by atoms with Crippen molar-refractivity contribution in [1.29, 1.82) is 0 Å². The van der Waals surface area contributed by atoms with Crippen LogP contribution >= 0.6 is 0 Å². The number of rotatable bonds is 2. The fourth-order valence-corrected chi connectivity index (χ4v) is 2.01. The molecular formula is C14H24N2O3. The lowest BCUT2D eigenvalue weighted by atomic mass is 10.1. The molecule has 1 saturated heterocycles. The van der Waals surface area contributed by atoms with Crippen molar-refractivity contribution < 1.29 is 14.3 Å². The second-order valence-corrected chi connectivity index (χ2v) is 5.83. The first-order valence-corrected chi connectivity index (χ1v) is 6.72. The number of carbonyl (C=O) groups excluding carboxylic acids is 2. The van der Waals surface area contributed by atoms with Crippen molar-refractivity contribution in [2.45, 2.75) is 51.7 Å². The van der Waals surface area contributed by atoms with Gasteiger partial charge in [0.1, 0.15) is 5.60 Å². The zero-order chi connectivity index (χ0) is 14.5. The molecule has 1 N–H and O–H groups in total. The van der Waals surface area contributed by atoms with Gasteiger partial charge in [0.15, 0.2) is 0 Å². The third-order valence-electron chi connectivity index (χ3n) is 2.85. The Hall–Kier alpha value is -1.52. The molecule has 1 heterocycles. The van der Waals surface area contributed by atoms with E-state index in [1.165, 1.54) is 6.08 Å². The Bertz CT molecular complexity index is 347. The summed E-state index contributed by atoms with van der Waals surface area (Å²) in [5.74, 6) is -0.198. The molecule has 0 spiro atoms. The van der Waals surface area contributed by atoms with Crippen LogP contribution in [0, 0.1) is 0 Å². The van der Waals surface area contributed by atoms with E-state index in [0.717, 1.165) is 19.3 Å². The van der Waals surface area contributed by atoms with Crippen molar-refractivity contribution in [3.8, 4) is 0 Å². The number of hydrogen-bond acceptors (Lipinski definition) is 3. The van der Waals surface area contributed by atoms with Gasteiger partial charge >= 0.3 is 6.09 Å². The molecule has 0 saturated carbocycles. The van der Waals surface area contributed by atoms with Crippen LogP contribution in [-0.2, 0) is 9.53 Å². The van der Waals surface area contributed by atoms with Gasteiger partial charge in [-0.3, -0.25) is 4.79 Å². The van der Waals surface area contributed by atoms with Crippen molar-refractivity contribution in [2.24, 2.45) is 0 Å². The second-order valence-electron chi connectivity index (χ2n) is 5.83. The van der Waals surface area contributed by atoms with E-state index >= 15 is 0 Å². The molecule has 0 aromatic rings. The highest BCUT2D eigenvalue weighted by atomic mass is 16.6. The van der Waals surface area contributed by atoms with Gasteiger partial charge in [0.2, 0.25) is 5.91 Å². The Balaban J connectivity index is 2.60. The van der Waals surface area contributed by atoms with Crippen molar-refractivity contribution >= 4 is 12.0 Å². The highest BCUT2D eigenvalue weighted by Crippen LogP contribution is 2.15. The first-order valence-electron chi connectivity index (χ1n) is 6.72. The average Bonchev–Trinajstić information content (AvgIpc) is 2.52. The van der Waals surface area contributed by atoms with Crippen molar-refractivity contribution in [3.63, 3.8) is 0 Å². The van der Waals surface area contributed by atoms with E-state index in [1.54, 1.807) is 4.90 Å². The van der Waals surface area contributed by atoms with Crippen LogP contribution in [0.5, 0.6) is 0 Å². The third kappa shape index (κ3) is 5.77. The maximum absolute atomic E-state index is 12.0. The number of nitrogens with zero attached hydrogens (tertiary/aromatic N) is 1.